The van der Waals surface area contributed by atoms with Gasteiger partial charge < -0.3 is 18.6 Å². The van der Waals surface area contributed by atoms with Crippen molar-refractivity contribution >= 4 is 16.9 Å². The summed E-state index contributed by atoms with van der Waals surface area (Å²) >= 11 is 0. The zero-order valence-electron chi connectivity index (χ0n) is 14.7. The van der Waals surface area contributed by atoms with Gasteiger partial charge in [-0.1, -0.05) is 12.1 Å². The van der Waals surface area contributed by atoms with Gasteiger partial charge in [-0.2, -0.15) is 0 Å². The topological polar surface area (TPSA) is 75.0 Å². The van der Waals surface area contributed by atoms with E-state index in [9.17, 15) is 9.59 Å². The number of aryl methyl sites for hydroxylation is 1. The minimum absolute atomic E-state index is 0.0651. The highest BCUT2D eigenvalue weighted by atomic mass is 16.5. The average Bonchev–Trinajstić information content (AvgIpc) is 2.64. The predicted octanol–water partition coefficient (Wildman–Crippen LogP) is 3.48. The molecule has 0 fully saturated rings. The van der Waals surface area contributed by atoms with Gasteiger partial charge in [0.2, 0.25) is 0 Å². The Morgan fingerprint density at radius 3 is 2.58 bits per heavy atom. The maximum atomic E-state index is 12.5. The lowest BCUT2D eigenvalue weighted by molar-refractivity contribution is 0.0469. The molecule has 0 radical (unpaired) electrons. The number of fused-ring (bicyclic) bond motifs is 1. The third-order valence-corrected chi connectivity index (χ3v) is 3.97. The van der Waals surface area contributed by atoms with E-state index < -0.39 is 11.6 Å². The lowest BCUT2D eigenvalue weighted by Crippen LogP contribution is -2.09. The number of ether oxygens (including phenoxy) is 3. The summed E-state index contributed by atoms with van der Waals surface area (Å²) in [6.07, 6.45) is 0. The van der Waals surface area contributed by atoms with E-state index in [4.69, 9.17) is 18.6 Å². The summed E-state index contributed by atoms with van der Waals surface area (Å²) in [5.74, 6) is 0.317. The van der Waals surface area contributed by atoms with Gasteiger partial charge in [0.05, 0.1) is 14.2 Å². The largest absolute Gasteiger partial charge is 0.497 e. The van der Waals surface area contributed by atoms with Crippen LogP contribution in [0.4, 0.5) is 0 Å². The van der Waals surface area contributed by atoms with Gasteiger partial charge in [-0.25, -0.2) is 9.59 Å². The zero-order valence-corrected chi connectivity index (χ0v) is 14.7. The highest BCUT2D eigenvalue weighted by Crippen LogP contribution is 2.25. The fourth-order valence-corrected chi connectivity index (χ4v) is 2.65. The number of benzene rings is 2. The number of hydrogen-bond acceptors (Lipinski definition) is 6. The van der Waals surface area contributed by atoms with E-state index in [0.29, 0.717) is 22.6 Å². The van der Waals surface area contributed by atoms with Crippen molar-refractivity contribution in [1.82, 2.24) is 0 Å². The molecule has 3 aromatic rings. The van der Waals surface area contributed by atoms with Gasteiger partial charge in [0.25, 0.3) is 0 Å². The van der Waals surface area contributed by atoms with Gasteiger partial charge in [-0.3, -0.25) is 0 Å². The van der Waals surface area contributed by atoms with Crippen LogP contribution < -0.4 is 15.1 Å². The van der Waals surface area contributed by atoms with E-state index in [0.717, 1.165) is 10.9 Å². The molecule has 0 aliphatic heterocycles. The van der Waals surface area contributed by atoms with Crippen molar-refractivity contribution < 1.29 is 23.4 Å². The number of carbonyl (C=O) groups excluding carboxylic acids is 1. The minimum Gasteiger partial charge on any atom is -0.497 e. The van der Waals surface area contributed by atoms with Crippen molar-refractivity contribution in [3.05, 3.63) is 69.6 Å². The Hall–Kier alpha value is -3.28. The SMILES string of the molecule is COc1ccc(OC)c(C(=O)OCc2cc(=O)oc3cc(C)ccc23)c1. The summed E-state index contributed by atoms with van der Waals surface area (Å²) in [4.78, 5) is 24.3. The number of rotatable bonds is 5. The van der Waals surface area contributed by atoms with Crippen LogP contribution in [0.15, 0.2) is 51.7 Å². The Balaban J connectivity index is 1.89. The normalized spacial score (nSPS) is 10.6. The summed E-state index contributed by atoms with van der Waals surface area (Å²) in [7, 11) is 2.98. The van der Waals surface area contributed by atoms with Crippen LogP contribution in [0.5, 0.6) is 11.5 Å². The third-order valence-electron chi connectivity index (χ3n) is 3.97. The first-order valence-electron chi connectivity index (χ1n) is 7.94. The zero-order chi connectivity index (χ0) is 18.7. The number of methoxy groups -OCH3 is 2. The maximum Gasteiger partial charge on any atom is 0.342 e. The van der Waals surface area contributed by atoms with E-state index in [1.165, 1.54) is 20.3 Å². The molecule has 0 unspecified atom stereocenters. The van der Waals surface area contributed by atoms with Gasteiger partial charge in [0.1, 0.15) is 29.3 Å². The van der Waals surface area contributed by atoms with Crippen LogP contribution in [0.25, 0.3) is 11.0 Å². The second-order valence-electron chi connectivity index (χ2n) is 5.73. The molecule has 0 aliphatic rings. The molecule has 0 atom stereocenters. The van der Waals surface area contributed by atoms with Crippen LogP contribution in [0.2, 0.25) is 0 Å². The molecule has 2 aromatic carbocycles. The van der Waals surface area contributed by atoms with E-state index in [1.54, 1.807) is 24.3 Å². The molecule has 6 nitrogen and oxygen atoms in total. The van der Waals surface area contributed by atoms with Crippen LogP contribution in [0.3, 0.4) is 0 Å². The molecule has 1 aromatic heterocycles. The summed E-state index contributed by atoms with van der Waals surface area (Å²) < 4.78 is 20.9. The van der Waals surface area contributed by atoms with Gasteiger partial charge in [0, 0.05) is 17.0 Å². The molecule has 0 amide bonds. The predicted molar refractivity (Wildman–Crippen MR) is 95.9 cm³/mol. The Labute approximate surface area is 149 Å². The molecular weight excluding hydrogens is 336 g/mol. The first-order chi connectivity index (χ1) is 12.5. The van der Waals surface area contributed by atoms with Crippen molar-refractivity contribution in [2.75, 3.05) is 14.2 Å². The fraction of sp³-hybridized carbons (Fsp3) is 0.200. The smallest absolute Gasteiger partial charge is 0.342 e. The van der Waals surface area contributed by atoms with Crippen molar-refractivity contribution in [3.8, 4) is 11.5 Å². The average molecular weight is 354 g/mol. The third kappa shape index (κ3) is 3.54. The molecule has 0 spiro atoms. The second-order valence-corrected chi connectivity index (χ2v) is 5.73. The number of esters is 1. The van der Waals surface area contributed by atoms with Gasteiger partial charge in [-0.15, -0.1) is 0 Å². The van der Waals surface area contributed by atoms with Crippen molar-refractivity contribution in [2.45, 2.75) is 13.5 Å². The van der Waals surface area contributed by atoms with Crippen molar-refractivity contribution in [2.24, 2.45) is 0 Å². The highest BCUT2D eigenvalue weighted by molar-refractivity contribution is 5.93. The quantitative estimate of drug-likeness (QED) is 0.516. The number of carbonyl (C=O) groups is 1. The van der Waals surface area contributed by atoms with E-state index >= 15 is 0 Å². The monoisotopic (exact) mass is 354 g/mol. The Kier molecular flexibility index (Phi) is 4.93. The van der Waals surface area contributed by atoms with Crippen LogP contribution in [0, 0.1) is 6.92 Å². The summed E-state index contributed by atoms with van der Waals surface area (Å²) in [5, 5.41) is 0.723. The molecule has 3 rings (SSSR count). The molecular formula is C20H18O6. The molecule has 0 N–H and O–H groups in total. The lowest BCUT2D eigenvalue weighted by atomic mass is 10.1. The van der Waals surface area contributed by atoms with Crippen LogP contribution >= 0.6 is 0 Å². The van der Waals surface area contributed by atoms with Crippen LogP contribution in [-0.4, -0.2) is 20.2 Å². The van der Waals surface area contributed by atoms with E-state index in [-0.39, 0.29) is 12.2 Å². The standard InChI is InChI=1S/C20H18O6/c1-12-4-6-15-13(9-19(21)26-18(15)8-12)11-25-20(22)16-10-14(23-2)5-7-17(16)24-3/h4-10H,11H2,1-3H3. The molecule has 134 valence electrons. The molecule has 1 heterocycles. The van der Waals surface area contributed by atoms with E-state index in [2.05, 4.69) is 0 Å². The Morgan fingerprint density at radius 2 is 1.85 bits per heavy atom. The van der Waals surface area contributed by atoms with Crippen LogP contribution in [-0.2, 0) is 11.3 Å². The van der Waals surface area contributed by atoms with Gasteiger partial charge in [-0.05, 0) is 36.8 Å². The van der Waals surface area contributed by atoms with Gasteiger partial charge >= 0.3 is 11.6 Å². The summed E-state index contributed by atoms with van der Waals surface area (Å²) in [6, 6.07) is 11.7. The van der Waals surface area contributed by atoms with Crippen molar-refractivity contribution in [3.63, 3.8) is 0 Å². The highest BCUT2D eigenvalue weighted by Gasteiger charge is 2.16. The summed E-state index contributed by atoms with van der Waals surface area (Å²) in [5.41, 5.74) is 1.76. The van der Waals surface area contributed by atoms with E-state index in [1.807, 2.05) is 19.1 Å². The van der Waals surface area contributed by atoms with Crippen LogP contribution in [0.1, 0.15) is 21.5 Å². The van der Waals surface area contributed by atoms with Crippen molar-refractivity contribution in [1.29, 1.82) is 0 Å². The molecule has 0 bridgehead atoms. The Morgan fingerprint density at radius 1 is 1.04 bits per heavy atom. The first-order valence-corrected chi connectivity index (χ1v) is 7.94. The maximum absolute atomic E-state index is 12.5. The fourth-order valence-electron chi connectivity index (χ4n) is 2.65. The first kappa shape index (κ1) is 17.5. The lowest BCUT2D eigenvalue weighted by Gasteiger charge is -2.11. The molecule has 6 heteroatoms. The Bertz CT molecular complexity index is 1020. The second kappa shape index (κ2) is 7.31. The minimum atomic E-state index is -0.575. The molecule has 26 heavy (non-hydrogen) atoms. The molecule has 0 saturated heterocycles. The van der Waals surface area contributed by atoms with Gasteiger partial charge in [0.15, 0.2) is 0 Å². The number of hydrogen-bond donors (Lipinski definition) is 0. The summed E-state index contributed by atoms with van der Waals surface area (Å²) in [6.45, 7) is 1.84. The molecule has 0 saturated carbocycles. The molecule has 0 aliphatic carbocycles.